The lowest BCUT2D eigenvalue weighted by atomic mass is 10.1. The van der Waals surface area contributed by atoms with Crippen LogP contribution in [0.15, 0.2) is 73.1 Å². The molecule has 4 rings (SSSR count). The number of halogens is 2. The first-order valence-electron chi connectivity index (χ1n) is 9.57. The monoisotopic (exact) mass is 467 g/mol. The number of carboxylic acid groups (broad SMARTS) is 1. The first-order chi connectivity index (χ1) is 15.3. The third-order valence-corrected chi connectivity index (χ3v) is 5.43. The summed E-state index contributed by atoms with van der Waals surface area (Å²) in [6, 6.07) is 17.7. The van der Waals surface area contributed by atoms with E-state index in [0.717, 1.165) is 11.2 Å². The highest BCUT2D eigenvalue weighted by Crippen LogP contribution is 2.29. The fourth-order valence-electron chi connectivity index (χ4n) is 3.41. The molecule has 0 aliphatic carbocycles. The number of pyridine rings is 1. The normalized spacial score (nSPS) is 11.7. The number of fused-ring (bicyclic) bond motifs is 1. The van der Waals surface area contributed by atoms with Crippen molar-refractivity contribution in [3.05, 3.63) is 99.9 Å². The summed E-state index contributed by atoms with van der Waals surface area (Å²) in [5.74, 6) is 5.08. The lowest BCUT2D eigenvalue weighted by molar-refractivity contribution is 0.0697. The second-order valence-corrected chi connectivity index (χ2v) is 7.96. The van der Waals surface area contributed by atoms with Crippen molar-refractivity contribution >= 4 is 40.5 Å². The molecule has 162 valence electrons. The van der Waals surface area contributed by atoms with Crippen molar-refractivity contribution in [1.29, 1.82) is 0 Å². The van der Waals surface area contributed by atoms with E-state index in [2.05, 4.69) is 0 Å². The molecule has 2 aromatic heterocycles. The Hall–Kier alpha value is -3.52. The van der Waals surface area contributed by atoms with E-state index in [-0.39, 0.29) is 17.1 Å². The molecule has 0 spiro atoms. The van der Waals surface area contributed by atoms with Gasteiger partial charge in [0.25, 0.3) is 0 Å². The number of hydrogen-bond donors (Lipinski definition) is 3. The largest absolute Gasteiger partial charge is 0.478 e. The minimum Gasteiger partial charge on any atom is -0.478 e. The average molecular weight is 468 g/mol. The summed E-state index contributed by atoms with van der Waals surface area (Å²) in [5.41, 5.74) is 10.5. The summed E-state index contributed by atoms with van der Waals surface area (Å²) < 4.78 is 1.88. The van der Waals surface area contributed by atoms with Gasteiger partial charge in [-0.3, -0.25) is 4.40 Å². The zero-order chi connectivity index (χ0) is 22.8. The highest BCUT2D eigenvalue weighted by Gasteiger charge is 2.17. The quantitative estimate of drug-likeness (QED) is 0.281. The van der Waals surface area contributed by atoms with Gasteiger partial charge in [-0.15, -0.1) is 0 Å². The molecular weight excluding hydrogens is 449 g/mol. The third kappa shape index (κ3) is 4.40. The molecular formula is C23H19Cl2N5O2. The van der Waals surface area contributed by atoms with E-state index in [4.69, 9.17) is 39.8 Å². The first kappa shape index (κ1) is 21.7. The number of carboxylic acids is 1. The van der Waals surface area contributed by atoms with Crippen molar-refractivity contribution < 1.29 is 9.90 Å². The number of rotatable bonds is 6. The van der Waals surface area contributed by atoms with Crippen molar-refractivity contribution in [2.75, 3.05) is 0 Å². The van der Waals surface area contributed by atoms with Gasteiger partial charge in [0.15, 0.2) is 0 Å². The van der Waals surface area contributed by atoms with E-state index in [0.29, 0.717) is 27.7 Å². The second-order valence-electron chi connectivity index (χ2n) is 7.12. The molecule has 0 fully saturated rings. The molecule has 0 bridgehead atoms. The van der Waals surface area contributed by atoms with Gasteiger partial charge in [-0.25, -0.2) is 15.6 Å². The number of nitrogens with zero attached hydrogens (tertiary/aromatic N) is 3. The van der Waals surface area contributed by atoms with Crippen LogP contribution in [0.3, 0.4) is 0 Å². The standard InChI is InChI=1S/C23H19Cl2N5O2/c24-16-7-5-15(6-8-16)21-22(30-10-2-1-3-20(30)28-21)19(26)13-29(27)12-14-4-9-18(25)17(11-14)23(31)32/h1-11,13H,12,26-27H2,(H,31,32)/b19-13-. The molecule has 0 saturated carbocycles. The van der Waals surface area contributed by atoms with Gasteiger partial charge in [-0.1, -0.05) is 47.5 Å². The van der Waals surface area contributed by atoms with Gasteiger partial charge in [0.1, 0.15) is 5.65 Å². The number of carbonyl (C=O) groups is 1. The van der Waals surface area contributed by atoms with Gasteiger partial charge in [0, 0.05) is 23.0 Å². The Morgan fingerprint density at radius 1 is 1.12 bits per heavy atom. The van der Waals surface area contributed by atoms with Crippen LogP contribution in [-0.4, -0.2) is 25.5 Å². The van der Waals surface area contributed by atoms with E-state index in [9.17, 15) is 9.90 Å². The average Bonchev–Trinajstić information content (AvgIpc) is 3.15. The van der Waals surface area contributed by atoms with Crippen LogP contribution in [0, 0.1) is 0 Å². The summed E-state index contributed by atoms with van der Waals surface area (Å²) >= 11 is 12.0. The Kier molecular flexibility index (Phi) is 6.05. The van der Waals surface area contributed by atoms with Crippen molar-refractivity contribution in [2.24, 2.45) is 11.6 Å². The van der Waals surface area contributed by atoms with Crippen LogP contribution < -0.4 is 11.6 Å². The van der Waals surface area contributed by atoms with Crippen LogP contribution in [0.2, 0.25) is 10.0 Å². The maximum atomic E-state index is 11.3. The maximum Gasteiger partial charge on any atom is 0.337 e. The molecule has 0 atom stereocenters. The second kappa shape index (κ2) is 8.92. The number of aromatic carboxylic acids is 1. The molecule has 4 aromatic rings. The predicted molar refractivity (Wildman–Crippen MR) is 126 cm³/mol. The molecule has 0 radical (unpaired) electrons. The molecule has 0 aliphatic rings. The van der Waals surface area contributed by atoms with Crippen molar-refractivity contribution in [2.45, 2.75) is 6.54 Å². The van der Waals surface area contributed by atoms with Gasteiger partial charge in [0.05, 0.1) is 34.2 Å². The Bertz CT molecular complexity index is 1330. The van der Waals surface area contributed by atoms with Crippen molar-refractivity contribution in [3.8, 4) is 11.3 Å². The van der Waals surface area contributed by atoms with Crippen molar-refractivity contribution in [3.63, 3.8) is 0 Å². The lowest BCUT2D eigenvalue weighted by Gasteiger charge is -2.16. The van der Waals surface area contributed by atoms with E-state index in [1.54, 1.807) is 24.4 Å². The lowest BCUT2D eigenvalue weighted by Crippen LogP contribution is -2.26. The van der Waals surface area contributed by atoms with Gasteiger partial charge in [-0.05, 0) is 42.0 Å². The van der Waals surface area contributed by atoms with Gasteiger partial charge in [0.2, 0.25) is 0 Å². The molecule has 5 N–H and O–H groups in total. The summed E-state index contributed by atoms with van der Waals surface area (Å²) in [6.45, 7) is 0.227. The minimum absolute atomic E-state index is 0.0151. The highest BCUT2D eigenvalue weighted by molar-refractivity contribution is 6.33. The van der Waals surface area contributed by atoms with E-state index < -0.39 is 5.97 Å². The van der Waals surface area contributed by atoms with Crippen LogP contribution in [0.5, 0.6) is 0 Å². The molecule has 32 heavy (non-hydrogen) atoms. The molecule has 0 saturated heterocycles. The third-order valence-electron chi connectivity index (χ3n) is 4.85. The summed E-state index contributed by atoms with van der Waals surface area (Å²) in [7, 11) is 0. The number of imidazole rings is 1. The maximum absolute atomic E-state index is 11.3. The Morgan fingerprint density at radius 2 is 1.88 bits per heavy atom. The van der Waals surface area contributed by atoms with Crippen LogP contribution in [-0.2, 0) is 6.54 Å². The predicted octanol–water partition coefficient (Wildman–Crippen LogP) is 4.64. The topological polar surface area (TPSA) is 110 Å². The number of aromatic nitrogens is 2. The smallest absolute Gasteiger partial charge is 0.337 e. The van der Waals surface area contributed by atoms with E-state index >= 15 is 0 Å². The molecule has 2 aromatic carbocycles. The molecule has 0 unspecified atom stereocenters. The summed E-state index contributed by atoms with van der Waals surface area (Å²) in [5, 5.41) is 11.4. The van der Waals surface area contributed by atoms with Crippen LogP contribution in [0.25, 0.3) is 22.6 Å². The number of hydrazine groups is 1. The van der Waals surface area contributed by atoms with Gasteiger partial charge in [-0.2, -0.15) is 0 Å². The zero-order valence-electron chi connectivity index (χ0n) is 16.7. The summed E-state index contributed by atoms with van der Waals surface area (Å²) in [6.07, 6.45) is 3.46. The van der Waals surface area contributed by atoms with Crippen LogP contribution >= 0.6 is 23.2 Å². The number of nitrogens with two attached hydrogens (primary N) is 2. The number of benzene rings is 2. The zero-order valence-corrected chi connectivity index (χ0v) is 18.3. The van der Waals surface area contributed by atoms with Crippen LogP contribution in [0.1, 0.15) is 21.6 Å². The molecule has 0 aliphatic heterocycles. The van der Waals surface area contributed by atoms with Gasteiger partial charge < -0.3 is 15.8 Å². The van der Waals surface area contributed by atoms with Crippen LogP contribution in [0.4, 0.5) is 0 Å². The Morgan fingerprint density at radius 3 is 2.59 bits per heavy atom. The highest BCUT2D eigenvalue weighted by atomic mass is 35.5. The van der Waals surface area contributed by atoms with E-state index in [1.165, 1.54) is 17.1 Å². The molecule has 7 nitrogen and oxygen atoms in total. The summed E-state index contributed by atoms with van der Waals surface area (Å²) in [4.78, 5) is 16.1. The molecule has 2 heterocycles. The fraction of sp³-hybridized carbons (Fsp3) is 0.0435. The number of hydrogen-bond acceptors (Lipinski definition) is 5. The molecule has 0 amide bonds. The minimum atomic E-state index is -1.10. The molecule has 9 heteroatoms. The van der Waals surface area contributed by atoms with Gasteiger partial charge >= 0.3 is 5.97 Å². The van der Waals surface area contributed by atoms with E-state index in [1.807, 2.05) is 40.9 Å². The van der Waals surface area contributed by atoms with Crippen molar-refractivity contribution in [1.82, 2.24) is 14.4 Å². The Labute approximate surface area is 194 Å². The fourth-order valence-corrected chi connectivity index (χ4v) is 3.74. The first-order valence-corrected chi connectivity index (χ1v) is 10.3. The Balaban J connectivity index is 1.71. The SMILES string of the molecule is N/C(=C\N(N)Cc1ccc(Cl)c(C(=O)O)c1)c1c(-c2ccc(Cl)cc2)nc2ccccn12.